The molecular formula is C29H40ClN3O3Si. The predicted molar refractivity (Wildman–Crippen MR) is 155 cm³/mol. The van der Waals surface area contributed by atoms with Gasteiger partial charge in [0, 0.05) is 11.5 Å². The van der Waals surface area contributed by atoms with Gasteiger partial charge in [0.05, 0.1) is 16.4 Å². The van der Waals surface area contributed by atoms with Crippen molar-refractivity contribution in [2.75, 3.05) is 5.32 Å². The fourth-order valence-electron chi connectivity index (χ4n) is 5.01. The molecule has 2 aromatic carbocycles. The van der Waals surface area contributed by atoms with Gasteiger partial charge in [0.1, 0.15) is 17.3 Å². The Balaban J connectivity index is 1.97. The van der Waals surface area contributed by atoms with E-state index in [1.54, 1.807) is 16.8 Å². The molecule has 0 radical (unpaired) electrons. The Labute approximate surface area is 227 Å². The van der Waals surface area contributed by atoms with E-state index in [0.29, 0.717) is 44.7 Å². The molecule has 0 unspecified atom stereocenters. The van der Waals surface area contributed by atoms with Crippen LogP contribution in [0, 0.1) is 0 Å². The highest BCUT2D eigenvalue weighted by Crippen LogP contribution is 2.44. The molecule has 0 aliphatic rings. The van der Waals surface area contributed by atoms with E-state index >= 15 is 0 Å². The van der Waals surface area contributed by atoms with Gasteiger partial charge in [0.15, 0.2) is 0 Å². The maximum absolute atomic E-state index is 12.7. The lowest BCUT2D eigenvalue weighted by atomic mass is 9.92. The van der Waals surface area contributed by atoms with E-state index < -0.39 is 14.4 Å². The van der Waals surface area contributed by atoms with E-state index in [4.69, 9.17) is 25.9 Å². The van der Waals surface area contributed by atoms with Gasteiger partial charge in [-0.1, -0.05) is 92.1 Å². The van der Waals surface area contributed by atoms with Crippen molar-refractivity contribution in [3.05, 3.63) is 65.3 Å². The van der Waals surface area contributed by atoms with Gasteiger partial charge >= 0.3 is 6.09 Å². The number of hydrogen-bond donors (Lipinski definition) is 1. The van der Waals surface area contributed by atoms with E-state index in [9.17, 15) is 4.79 Å². The van der Waals surface area contributed by atoms with Gasteiger partial charge in [-0.2, -0.15) is 5.10 Å². The van der Waals surface area contributed by atoms with Crippen LogP contribution in [0.2, 0.25) is 21.6 Å². The zero-order valence-corrected chi connectivity index (χ0v) is 25.2. The molecule has 0 spiro atoms. The van der Waals surface area contributed by atoms with Gasteiger partial charge in [-0.25, -0.2) is 9.48 Å². The molecule has 0 fully saturated rings. The molecule has 0 bridgehead atoms. The van der Waals surface area contributed by atoms with Crippen molar-refractivity contribution in [1.82, 2.24) is 9.78 Å². The zero-order chi connectivity index (χ0) is 27.5. The average molecular weight is 542 g/mol. The average Bonchev–Trinajstić information content (AvgIpc) is 3.22. The second kappa shape index (κ2) is 11.3. The number of para-hydroxylation sites is 1. The fraction of sp³-hybridized carbons (Fsp3) is 0.448. The smallest absolute Gasteiger partial charge is 0.418 e. The minimum Gasteiger partial charge on any atom is -0.542 e. The Bertz CT molecular complexity index is 1200. The summed E-state index contributed by atoms with van der Waals surface area (Å²) >= 11 is 6.81. The van der Waals surface area contributed by atoms with Gasteiger partial charge in [0.2, 0.25) is 0 Å². The second-order valence-electron chi connectivity index (χ2n) is 11.4. The SMILES string of the molecule is CC(C)[Si](Oc1ccc(-n2nc(C(C)(C)C)cc2NC(=O)Oc2ccccc2)cc1Cl)(C(C)C)C(C)C. The van der Waals surface area contributed by atoms with Crippen molar-refractivity contribution >= 4 is 31.8 Å². The number of aromatic nitrogens is 2. The highest BCUT2D eigenvalue weighted by molar-refractivity contribution is 6.78. The van der Waals surface area contributed by atoms with Crippen LogP contribution in [0.3, 0.4) is 0 Å². The van der Waals surface area contributed by atoms with Crippen LogP contribution < -0.4 is 14.5 Å². The number of hydrogen-bond acceptors (Lipinski definition) is 4. The monoisotopic (exact) mass is 541 g/mol. The molecule has 1 aromatic heterocycles. The number of carbonyl (C=O) groups excluding carboxylic acids is 1. The molecular weight excluding hydrogens is 502 g/mol. The topological polar surface area (TPSA) is 65.4 Å². The molecule has 1 heterocycles. The molecule has 8 heteroatoms. The van der Waals surface area contributed by atoms with Crippen molar-refractivity contribution in [1.29, 1.82) is 0 Å². The largest absolute Gasteiger partial charge is 0.542 e. The third-order valence-corrected chi connectivity index (χ3v) is 13.1. The van der Waals surface area contributed by atoms with Crippen LogP contribution in [0.4, 0.5) is 10.6 Å². The molecule has 0 saturated heterocycles. The molecule has 3 aromatic rings. The van der Waals surface area contributed by atoms with Crippen LogP contribution >= 0.6 is 11.6 Å². The first-order chi connectivity index (χ1) is 17.3. The van der Waals surface area contributed by atoms with Crippen LogP contribution in [0.1, 0.15) is 68.0 Å². The standard InChI is InChI=1S/C29H40ClN3O3Si/c1-19(2)37(20(3)4,21(5)6)36-25-16-15-22(17-24(25)30)33-27(18-26(32-33)29(7,8)9)31-28(34)35-23-13-11-10-12-14-23/h10-21H,1-9H3,(H,31,34). The maximum atomic E-state index is 12.7. The summed E-state index contributed by atoms with van der Waals surface area (Å²) in [5.41, 5.74) is 2.59. The number of halogens is 1. The molecule has 1 amide bonds. The summed E-state index contributed by atoms with van der Waals surface area (Å²) in [5.74, 6) is 1.64. The second-order valence-corrected chi connectivity index (χ2v) is 17.2. The number of carbonyl (C=O) groups is 1. The normalized spacial score (nSPS) is 12.4. The van der Waals surface area contributed by atoms with Gasteiger partial charge < -0.3 is 9.16 Å². The Hall–Kier alpha value is -2.77. The van der Waals surface area contributed by atoms with Gasteiger partial charge in [-0.3, -0.25) is 5.32 Å². The lowest BCUT2D eigenvalue weighted by Gasteiger charge is -2.42. The molecule has 0 atom stereocenters. The highest BCUT2D eigenvalue weighted by Gasteiger charge is 2.47. The first kappa shape index (κ1) is 28.8. The highest BCUT2D eigenvalue weighted by atomic mass is 35.5. The van der Waals surface area contributed by atoms with Crippen molar-refractivity contribution in [2.24, 2.45) is 0 Å². The number of anilines is 1. The number of amides is 1. The van der Waals surface area contributed by atoms with Crippen LogP contribution in [0.25, 0.3) is 5.69 Å². The van der Waals surface area contributed by atoms with E-state index in [1.165, 1.54) is 0 Å². The van der Waals surface area contributed by atoms with Crippen molar-refractivity contribution in [3.8, 4) is 17.2 Å². The maximum Gasteiger partial charge on any atom is 0.418 e. The zero-order valence-electron chi connectivity index (χ0n) is 23.4. The first-order valence-corrected chi connectivity index (χ1v) is 15.4. The van der Waals surface area contributed by atoms with Crippen LogP contribution in [0.15, 0.2) is 54.6 Å². The Morgan fingerprint density at radius 3 is 2.05 bits per heavy atom. The predicted octanol–water partition coefficient (Wildman–Crippen LogP) is 8.99. The third kappa shape index (κ3) is 6.39. The lowest BCUT2D eigenvalue weighted by molar-refractivity contribution is 0.215. The number of ether oxygens (including phenoxy) is 1. The Morgan fingerprint density at radius 2 is 1.54 bits per heavy atom. The number of rotatable bonds is 8. The molecule has 6 nitrogen and oxygen atoms in total. The minimum atomic E-state index is -2.17. The van der Waals surface area contributed by atoms with Gasteiger partial charge in [0.25, 0.3) is 8.32 Å². The van der Waals surface area contributed by atoms with Crippen molar-refractivity contribution in [3.63, 3.8) is 0 Å². The van der Waals surface area contributed by atoms with E-state index in [-0.39, 0.29) is 5.41 Å². The van der Waals surface area contributed by atoms with E-state index in [0.717, 1.165) is 5.69 Å². The Morgan fingerprint density at radius 1 is 0.946 bits per heavy atom. The van der Waals surface area contributed by atoms with Crippen LogP contribution in [-0.2, 0) is 5.41 Å². The molecule has 0 saturated carbocycles. The summed E-state index contributed by atoms with van der Waals surface area (Å²) in [4.78, 5) is 12.7. The molecule has 0 aliphatic heterocycles. The summed E-state index contributed by atoms with van der Waals surface area (Å²) in [5, 5.41) is 8.15. The van der Waals surface area contributed by atoms with E-state index in [1.807, 2.05) is 42.5 Å². The minimum absolute atomic E-state index is 0.227. The molecule has 200 valence electrons. The number of benzene rings is 2. The summed E-state index contributed by atoms with van der Waals surface area (Å²) in [6.07, 6.45) is -0.597. The van der Waals surface area contributed by atoms with Crippen LogP contribution in [0.5, 0.6) is 11.5 Å². The van der Waals surface area contributed by atoms with Crippen molar-refractivity contribution < 1.29 is 14.0 Å². The molecule has 3 rings (SSSR count). The summed E-state index contributed by atoms with van der Waals surface area (Å²) in [6.45, 7) is 19.7. The molecule has 1 N–H and O–H groups in total. The van der Waals surface area contributed by atoms with E-state index in [2.05, 4.69) is 67.6 Å². The lowest BCUT2D eigenvalue weighted by Crippen LogP contribution is -2.50. The van der Waals surface area contributed by atoms with Gasteiger partial charge in [-0.05, 0) is 47.0 Å². The van der Waals surface area contributed by atoms with Crippen LogP contribution in [-0.4, -0.2) is 24.2 Å². The summed E-state index contributed by atoms with van der Waals surface area (Å²) in [6, 6.07) is 16.5. The summed E-state index contributed by atoms with van der Waals surface area (Å²) in [7, 11) is -2.17. The quantitative estimate of drug-likeness (QED) is 0.289. The third-order valence-electron chi connectivity index (χ3n) is 6.82. The molecule has 37 heavy (non-hydrogen) atoms. The van der Waals surface area contributed by atoms with Gasteiger partial charge in [-0.15, -0.1) is 0 Å². The number of nitrogens with one attached hydrogen (secondary N) is 1. The Kier molecular flexibility index (Phi) is 8.80. The molecule has 0 aliphatic carbocycles. The first-order valence-electron chi connectivity index (χ1n) is 12.9. The fourth-order valence-corrected chi connectivity index (χ4v) is 10.6. The number of nitrogens with zero attached hydrogens (tertiary/aromatic N) is 2. The van der Waals surface area contributed by atoms with Crippen molar-refractivity contribution in [2.45, 2.75) is 84.4 Å². The summed E-state index contributed by atoms with van der Waals surface area (Å²) < 4.78 is 13.9.